The van der Waals surface area contributed by atoms with Crippen molar-refractivity contribution in [3.05, 3.63) is 60.2 Å². The number of aliphatic hydroxyl groups is 1. The molecule has 1 N–H and O–H groups in total. The zero-order chi connectivity index (χ0) is 27.3. The SMILES string of the molecule is CCN(C(=O)C1CCCC1)[C@](C)(c1ccccc1)[C@@H](O)CN(C1CCCC1)S(=O)(=O)c1ccc(OC)cc1. The molecule has 2 aromatic carbocycles. The molecule has 7 nitrogen and oxygen atoms in total. The molecule has 4 rings (SSSR count). The molecular formula is C30H42N2O5S. The molecule has 1 amide bonds. The summed E-state index contributed by atoms with van der Waals surface area (Å²) in [6.45, 7) is 4.14. The topological polar surface area (TPSA) is 87.2 Å². The van der Waals surface area contributed by atoms with Crippen LogP contribution in [-0.4, -0.2) is 61.0 Å². The fraction of sp³-hybridized carbons (Fsp3) is 0.567. The minimum Gasteiger partial charge on any atom is -0.497 e. The maximum atomic E-state index is 14.0. The number of hydrogen-bond acceptors (Lipinski definition) is 5. The summed E-state index contributed by atoms with van der Waals surface area (Å²) < 4.78 is 34.7. The number of amides is 1. The second-order valence-electron chi connectivity index (χ2n) is 10.8. The molecular weight excluding hydrogens is 500 g/mol. The Bertz CT molecular complexity index is 1160. The Kier molecular flexibility index (Phi) is 9.16. The van der Waals surface area contributed by atoms with Gasteiger partial charge in [-0.15, -0.1) is 0 Å². The van der Waals surface area contributed by atoms with Gasteiger partial charge >= 0.3 is 0 Å². The van der Waals surface area contributed by atoms with Crippen molar-refractivity contribution in [1.82, 2.24) is 9.21 Å². The highest BCUT2D eigenvalue weighted by Gasteiger charge is 2.47. The van der Waals surface area contributed by atoms with Gasteiger partial charge in [-0.3, -0.25) is 4.79 Å². The molecule has 2 fully saturated rings. The average molecular weight is 543 g/mol. The van der Waals surface area contributed by atoms with Gasteiger partial charge in [-0.25, -0.2) is 8.42 Å². The quantitative estimate of drug-likeness (QED) is 0.435. The van der Waals surface area contributed by atoms with Crippen LogP contribution in [0, 0.1) is 5.92 Å². The lowest BCUT2D eigenvalue weighted by Crippen LogP contribution is -2.59. The molecule has 0 unspecified atom stereocenters. The third kappa shape index (κ3) is 5.63. The zero-order valence-electron chi connectivity index (χ0n) is 22.9. The van der Waals surface area contributed by atoms with E-state index >= 15 is 0 Å². The average Bonchev–Trinajstić information content (AvgIpc) is 3.67. The number of nitrogens with zero attached hydrogens (tertiary/aromatic N) is 2. The molecule has 2 atom stereocenters. The molecule has 0 bridgehead atoms. The number of carbonyl (C=O) groups excluding carboxylic acids is 1. The summed E-state index contributed by atoms with van der Waals surface area (Å²) in [4.78, 5) is 15.8. The molecule has 2 aliphatic carbocycles. The second kappa shape index (κ2) is 12.2. The standard InChI is InChI=1S/C30H42N2O5S/c1-4-31(29(34)23-12-8-9-13-23)30(2,24-14-6-5-7-15-24)28(33)22-32(25-16-10-11-17-25)38(35,36)27-20-18-26(37-3)19-21-27/h5-7,14-15,18-21,23,25,28,33H,4,8-13,16-17,22H2,1-3H3/t28-,30+/m0/s1. The Morgan fingerprint density at radius 2 is 1.58 bits per heavy atom. The minimum atomic E-state index is -3.90. The van der Waals surface area contributed by atoms with Crippen molar-refractivity contribution in [2.45, 2.75) is 87.8 Å². The van der Waals surface area contributed by atoms with Crippen LogP contribution >= 0.6 is 0 Å². The van der Waals surface area contributed by atoms with Crippen LogP contribution < -0.4 is 4.74 Å². The van der Waals surface area contributed by atoms with Crippen molar-refractivity contribution in [1.29, 1.82) is 0 Å². The minimum absolute atomic E-state index is 0.0424. The number of ether oxygens (including phenoxy) is 1. The van der Waals surface area contributed by atoms with Crippen LogP contribution in [0.1, 0.15) is 70.8 Å². The van der Waals surface area contributed by atoms with Crippen LogP contribution in [-0.2, 0) is 20.4 Å². The van der Waals surface area contributed by atoms with Crippen LogP contribution in [0.3, 0.4) is 0 Å². The molecule has 0 radical (unpaired) electrons. The largest absolute Gasteiger partial charge is 0.497 e. The Balaban J connectivity index is 1.73. The Morgan fingerprint density at radius 1 is 1.00 bits per heavy atom. The van der Waals surface area contributed by atoms with Crippen LogP contribution in [0.5, 0.6) is 5.75 Å². The summed E-state index contributed by atoms with van der Waals surface area (Å²) in [7, 11) is -2.36. The molecule has 0 aliphatic heterocycles. The Morgan fingerprint density at radius 3 is 2.13 bits per heavy atom. The lowest BCUT2D eigenvalue weighted by Gasteiger charge is -2.47. The van der Waals surface area contributed by atoms with E-state index in [1.807, 2.05) is 44.2 Å². The summed E-state index contributed by atoms with van der Waals surface area (Å²) in [6, 6.07) is 15.8. The lowest BCUT2D eigenvalue weighted by molar-refractivity contribution is -0.148. The molecule has 2 aromatic rings. The number of carbonyl (C=O) groups is 1. The van der Waals surface area contributed by atoms with Gasteiger partial charge in [0.2, 0.25) is 15.9 Å². The van der Waals surface area contributed by atoms with Crippen molar-refractivity contribution in [2.24, 2.45) is 5.92 Å². The van der Waals surface area contributed by atoms with Gasteiger partial charge in [-0.05, 0) is 69.4 Å². The number of methoxy groups -OCH3 is 1. The monoisotopic (exact) mass is 542 g/mol. The van der Waals surface area contributed by atoms with Crippen molar-refractivity contribution in [3.63, 3.8) is 0 Å². The van der Waals surface area contributed by atoms with Gasteiger partial charge in [0.05, 0.1) is 23.6 Å². The highest BCUT2D eigenvalue weighted by molar-refractivity contribution is 7.89. The van der Waals surface area contributed by atoms with Crippen LogP contribution in [0.15, 0.2) is 59.5 Å². The molecule has 2 saturated carbocycles. The van der Waals surface area contributed by atoms with E-state index in [2.05, 4.69) is 0 Å². The summed E-state index contributed by atoms with van der Waals surface area (Å²) >= 11 is 0. The smallest absolute Gasteiger partial charge is 0.243 e. The van der Waals surface area contributed by atoms with Gasteiger partial charge < -0.3 is 14.7 Å². The molecule has 2 aliphatic rings. The Labute approximate surface area is 227 Å². The first-order chi connectivity index (χ1) is 18.2. The van der Waals surface area contributed by atoms with Gasteiger partial charge in [0.15, 0.2) is 0 Å². The van der Waals surface area contributed by atoms with E-state index in [1.54, 1.807) is 36.3 Å². The van der Waals surface area contributed by atoms with Crippen LogP contribution in [0.25, 0.3) is 0 Å². The van der Waals surface area contributed by atoms with E-state index in [9.17, 15) is 18.3 Å². The normalized spacial score (nSPS) is 19.4. The number of rotatable bonds is 11. The van der Waals surface area contributed by atoms with E-state index in [4.69, 9.17) is 4.74 Å². The van der Waals surface area contributed by atoms with Gasteiger partial charge in [-0.1, -0.05) is 56.0 Å². The van der Waals surface area contributed by atoms with Crippen LogP contribution in [0.4, 0.5) is 0 Å². The van der Waals surface area contributed by atoms with Crippen LogP contribution in [0.2, 0.25) is 0 Å². The highest BCUT2D eigenvalue weighted by Crippen LogP contribution is 2.38. The van der Waals surface area contributed by atoms with Crippen molar-refractivity contribution in [2.75, 3.05) is 20.2 Å². The van der Waals surface area contributed by atoms with E-state index in [1.165, 1.54) is 4.31 Å². The fourth-order valence-corrected chi connectivity index (χ4v) is 7.97. The summed E-state index contributed by atoms with van der Waals surface area (Å²) in [5, 5.41) is 12.0. The van der Waals surface area contributed by atoms with E-state index in [-0.39, 0.29) is 29.3 Å². The first kappa shape index (κ1) is 28.6. The molecule has 38 heavy (non-hydrogen) atoms. The fourth-order valence-electron chi connectivity index (χ4n) is 6.28. The van der Waals surface area contributed by atoms with E-state index < -0.39 is 21.7 Å². The maximum Gasteiger partial charge on any atom is 0.243 e. The Hall–Kier alpha value is -2.42. The van der Waals surface area contributed by atoms with Gasteiger partial charge in [-0.2, -0.15) is 4.31 Å². The second-order valence-corrected chi connectivity index (χ2v) is 12.7. The lowest BCUT2D eigenvalue weighted by atomic mass is 9.83. The number of aliphatic hydroxyl groups excluding tert-OH is 1. The van der Waals surface area contributed by atoms with Crippen molar-refractivity contribution in [3.8, 4) is 5.75 Å². The number of sulfonamides is 1. The van der Waals surface area contributed by atoms with Crippen molar-refractivity contribution >= 4 is 15.9 Å². The number of benzene rings is 2. The third-order valence-electron chi connectivity index (χ3n) is 8.61. The summed E-state index contributed by atoms with van der Waals surface area (Å²) in [5.74, 6) is 0.567. The molecule has 0 saturated heterocycles. The highest BCUT2D eigenvalue weighted by atomic mass is 32.2. The summed E-state index contributed by atoms with van der Waals surface area (Å²) in [5.41, 5.74) is -0.295. The van der Waals surface area contributed by atoms with Gasteiger partial charge in [0.25, 0.3) is 0 Å². The molecule has 0 aromatic heterocycles. The first-order valence-electron chi connectivity index (χ1n) is 13.9. The third-order valence-corrected chi connectivity index (χ3v) is 10.5. The predicted octanol–water partition coefficient (Wildman–Crippen LogP) is 4.94. The van der Waals surface area contributed by atoms with Crippen molar-refractivity contribution < 1.29 is 23.1 Å². The van der Waals surface area contributed by atoms with E-state index in [0.717, 1.165) is 56.9 Å². The number of likely N-dealkylation sites (N-methyl/N-ethyl adjacent to an activating group) is 1. The van der Waals surface area contributed by atoms with Gasteiger partial charge in [0.1, 0.15) is 5.75 Å². The van der Waals surface area contributed by atoms with Gasteiger partial charge in [0, 0.05) is 25.0 Å². The predicted molar refractivity (Wildman–Crippen MR) is 148 cm³/mol. The zero-order valence-corrected chi connectivity index (χ0v) is 23.7. The summed E-state index contributed by atoms with van der Waals surface area (Å²) in [6.07, 6.45) is 6.06. The molecule has 8 heteroatoms. The maximum absolute atomic E-state index is 14.0. The van der Waals surface area contributed by atoms with E-state index in [0.29, 0.717) is 12.3 Å². The molecule has 0 heterocycles. The number of hydrogen-bond donors (Lipinski definition) is 1. The molecule has 0 spiro atoms. The first-order valence-corrected chi connectivity index (χ1v) is 15.4. The molecule has 208 valence electrons.